The molecule has 2 aliphatic heterocycles. The molecule has 2 saturated heterocycles. The molecule has 55 heavy (non-hydrogen) atoms. The van der Waals surface area contributed by atoms with Crippen molar-refractivity contribution in [1.29, 1.82) is 0 Å². The molecular weight excluding hydrogens is 712 g/mol. The highest BCUT2D eigenvalue weighted by Gasteiger charge is 2.44. The van der Waals surface area contributed by atoms with E-state index in [2.05, 4.69) is 37.1 Å². The molecule has 2 aliphatic rings. The normalized spacial score (nSPS) is 19.7. The number of ether oxygens (including phenoxy) is 3. The van der Waals surface area contributed by atoms with Crippen LogP contribution in [-0.4, -0.2) is 87.1 Å². The minimum Gasteiger partial charge on any atom is -0.493 e. The fourth-order valence-electron chi connectivity index (χ4n) is 7.56. The fourth-order valence-corrected chi connectivity index (χ4v) is 7.56. The number of rotatable bonds is 14. The Labute approximate surface area is 317 Å². The van der Waals surface area contributed by atoms with Crippen LogP contribution in [0.1, 0.15) is 38.3 Å². The number of nitrogens with zero attached hydrogens (tertiary/aromatic N) is 8. The summed E-state index contributed by atoms with van der Waals surface area (Å²) in [6.07, 6.45) is 4.91. The maximum atomic E-state index is 15.0. The third kappa shape index (κ3) is 8.24. The first-order chi connectivity index (χ1) is 26.7. The Morgan fingerprint density at radius 1 is 0.964 bits per heavy atom. The maximum Gasteiger partial charge on any atom is 0.350 e. The van der Waals surface area contributed by atoms with Crippen LogP contribution in [0.5, 0.6) is 5.75 Å². The molecule has 2 aromatic heterocycles. The number of halogens is 2. The fraction of sp³-hybridized carbons (Fsp3) is 0.410. The van der Waals surface area contributed by atoms with Crippen molar-refractivity contribution in [3.63, 3.8) is 0 Å². The Kier molecular flexibility index (Phi) is 11.2. The summed E-state index contributed by atoms with van der Waals surface area (Å²) in [4.78, 5) is 33.6. The molecule has 3 aromatic carbocycles. The number of esters is 1. The number of aromatic nitrogens is 6. The minimum absolute atomic E-state index is 0.0228. The number of nitrogens with two attached hydrogens (primary N) is 1. The van der Waals surface area contributed by atoms with E-state index in [1.165, 1.54) is 34.0 Å². The van der Waals surface area contributed by atoms with Crippen LogP contribution in [0.2, 0.25) is 0 Å². The molecule has 0 radical (unpaired) electrons. The number of anilines is 2. The van der Waals surface area contributed by atoms with Gasteiger partial charge in [0.25, 0.3) is 0 Å². The monoisotopic (exact) mass is 757 g/mol. The maximum absolute atomic E-state index is 15.0. The molecule has 4 heterocycles. The molecule has 0 spiro atoms. The summed E-state index contributed by atoms with van der Waals surface area (Å²) >= 11 is 0. The largest absolute Gasteiger partial charge is 0.493 e. The van der Waals surface area contributed by atoms with E-state index in [0.29, 0.717) is 31.7 Å². The van der Waals surface area contributed by atoms with Gasteiger partial charge < -0.3 is 29.7 Å². The highest BCUT2D eigenvalue weighted by molar-refractivity contribution is 5.71. The molecule has 5 aromatic rings. The number of carbonyl (C=O) groups is 1. The first kappa shape index (κ1) is 37.7. The van der Waals surface area contributed by atoms with Gasteiger partial charge in [0.05, 0.1) is 38.0 Å². The molecule has 0 aliphatic carbocycles. The predicted octanol–water partition coefficient (Wildman–Crippen LogP) is 4.08. The van der Waals surface area contributed by atoms with E-state index in [-0.39, 0.29) is 30.3 Å². The second-order valence-electron chi connectivity index (χ2n) is 14.0. The zero-order valence-corrected chi connectivity index (χ0v) is 30.8. The number of benzene rings is 3. The Bertz CT molecular complexity index is 2100. The molecule has 0 bridgehead atoms. The van der Waals surface area contributed by atoms with Crippen molar-refractivity contribution < 1.29 is 27.8 Å². The Morgan fingerprint density at radius 3 is 2.25 bits per heavy atom. The van der Waals surface area contributed by atoms with Gasteiger partial charge in [-0.1, -0.05) is 13.0 Å². The lowest BCUT2D eigenvalue weighted by Gasteiger charge is -2.37. The zero-order chi connectivity index (χ0) is 38.5. The highest BCUT2D eigenvalue weighted by atomic mass is 19.1. The molecule has 1 unspecified atom stereocenters. The minimum atomic E-state index is -1.03. The van der Waals surface area contributed by atoms with E-state index in [1.807, 2.05) is 43.3 Å². The molecule has 14 nitrogen and oxygen atoms in total. The second-order valence-corrected chi connectivity index (χ2v) is 14.0. The summed E-state index contributed by atoms with van der Waals surface area (Å²) in [5.41, 5.74) is 7.18. The average Bonchev–Trinajstić information content (AvgIpc) is 3.96. The summed E-state index contributed by atoms with van der Waals surface area (Å²) in [7, 11) is 0. The van der Waals surface area contributed by atoms with Gasteiger partial charge in [0.15, 0.2) is 0 Å². The van der Waals surface area contributed by atoms with Crippen LogP contribution < -0.4 is 26.0 Å². The quantitative estimate of drug-likeness (QED) is 0.164. The second kappa shape index (κ2) is 16.4. The molecule has 2 N–H and O–H groups in total. The van der Waals surface area contributed by atoms with Gasteiger partial charge in [-0.3, -0.25) is 4.79 Å². The van der Waals surface area contributed by atoms with E-state index in [0.717, 1.165) is 49.4 Å². The van der Waals surface area contributed by atoms with E-state index < -0.39 is 35.4 Å². The van der Waals surface area contributed by atoms with Crippen molar-refractivity contribution >= 4 is 17.3 Å². The van der Waals surface area contributed by atoms with Crippen molar-refractivity contribution in [3.8, 4) is 11.4 Å². The Balaban J connectivity index is 0.915. The summed E-state index contributed by atoms with van der Waals surface area (Å²) < 4.78 is 51.0. The van der Waals surface area contributed by atoms with Gasteiger partial charge >= 0.3 is 11.7 Å². The number of carbonyl (C=O) groups excluding carboxylic acids is 1. The summed E-state index contributed by atoms with van der Waals surface area (Å²) in [6.45, 7) is 7.68. The van der Waals surface area contributed by atoms with Crippen LogP contribution in [0.3, 0.4) is 0 Å². The van der Waals surface area contributed by atoms with Gasteiger partial charge in [-0.25, -0.2) is 32.5 Å². The Morgan fingerprint density at radius 2 is 1.64 bits per heavy atom. The number of piperazine rings is 1. The lowest BCUT2D eigenvalue weighted by Crippen LogP contribution is -2.46. The SMILES string of the molecule is CC[C@@H]([C@H](C)OC(=O)CN)n1ncn(-c2ccc(N3CCN(c4ccc(OCC5CO[C@@](Cn6cncn6)(c6ccc(F)cc6F)C5)cc4)CC3)cc2)c1=O. The van der Waals surface area contributed by atoms with Gasteiger partial charge in [0.2, 0.25) is 0 Å². The van der Waals surface area contributed by atoms with Crippen molar-refractivity contribution in [2.24, 2.45) is 11.7 Å². The van der Waals surface area contributed by atoms with Crippen molar-refractivity contribution in [3.05, 3.63) is 113 Å². The van der Waals surface area contributed by atoms with Crippen LogP contribution in [0.25, 0.3) is 5.69 Å². The van der Waals surface area contributed by atoms with E-state index >= 15 is 0 Å². The van der Waals surface area contributed by atoms with Crippen LogP contribution in [0.4, 0.5) is 20.2 Å². The van der Waals surface area contributed by atoms with Gasteiger partial charge in [-0.2, -0.15) is 10.2 Å². The molecule has 7 rings (SSSR count). The summed E-state index contributed by atoms with van der Waals surface area (Å²) in [5.74, 6) is -1.12. The number of hydrogen-bond donors (Lipinski definition) is 1. The first-order valence-corrected chi connectivity index (χ1v) is 18.5. The third-order valence-corrected chi connectivity index (χ3v) is 10.4. The molecule has 2 fully saturated rings. The molecule has 0 saturated carbocycles. The lowest BCUT2D eigenvalue weighted by molar-refractivity contribution is -0.148. The predicted molar refractivity (Wildman–Crippen MR) is 200 cm³/mol. The van der Waals surface area contributed by atoms with E-state index in [1.54, 1.807) is 17.9 Å². The molecule has 4 atom stereocenters. The zero-order valence-electron chi connectivity index (χ0n) is 30.8. The van der Waals surface area contributed by atoms with Crippen LogP contribution in [-0.2, 0) is 26.4 Å². The van der Waals surface area contributed by atoms with Gasteiger partial charge in [0, 0.05) is 55.1 Å². The van der Waals surface area contributed by atoms with Crippen molar-refractivity contribution in [2.75, 3.05) is 55.7 Å². The van der Waals surface area contributed by atoms with Crippen LogP contribution in [0.15, 0.2) is 90.5 Å². The van der Waals surface area contributed by atoms with Gasteiger partial charge in [-0.15, -0.1) is 0 Å². The Hall–Kier alpha value is -5.61. The molecular formula is C39H45F2N9O5. The average molecular weight is 758 g/mol. The summed E-state index contributed by atoms with van der Waals surface area (Å²) in [6, 6.07) is 19.0. The summed E-state index contributed by atoms with van der Waals surface area (Å²) in [5, 5.41) is 8.51. The number of hydrogen-bond acceptors (Lipinski definition) is 11. The van der Waals surface area contributed by atoms with E-state index in [4.69, 9.17) is 19.9 Å². The molecule has 0 amide bonds. The lowest BCUT2D eigenvalue weighted by atomic mass is 9.87. The van der Waals surface area contributed by atoms with Gasteiger partial charge in [-0.05, 0) is 74.4 Å². The molecule has 290 valence electrons. The van der Waals surface area contributed by atoms with Crippen LogP contribution in [0, 0.1) is 17.6 Å². The topological polar surface area (TPSA) is 148 Å². The smallest absolute Gasteiger partial charge is 0.350 e. The third-order valence-electron chi connectivity index (χ3n) is 10.4. The first-order valence-electron chi connectivity index (χ1n) is 18.5. The molecule has 16 heteroatoms. The van der Waals surface area contributed by atoms with Crippen LogP contribution >= 0.6 is 0 Å². The highest BCUT2D eigenvalue weighted by Crippen LogP contribution is 2.42. The van der Waals surface area contributed by atoms with Crippen molar-refractivity contribution in [2.45, 2.75) is 51.0 Å². The van der Waals surface area contributed by atoms with Crippen molar-refractivity contribution in [1.82, 2.24) is 29.1 Å². The van der Waals surface area contributed by atoms with E-state index in [9.17, 15) is 18.4 Å². The standard InChI is InChI=1S/C39H45F2N9O5/c1-3-36(27(2)55-37(51)20-42)50-38(52)49(26-45-50)32-7-5-30(6-8-32)46-14-16-47(17-15-46)31-9-11-33(12-10-31)53-21-28-19-39(54-22-28,23-48-25-43-24-44-48)34-13-4-29(40)18-35(34)41/h4-13,18,24-28,36H,3,14-17,19-23,42H2,1-2H3/t27-,28?,36-,39-/m0/s1. The van der Waals surface area contributed by atoms with Gasteiger partial charge in [0.1, 0.15) is 48.1 Å².